The number of aliphatic imine (C=N–C) groups is 2. The van der Waals surface area contributed by atoms with Crippen molar-refractivity contribution in [3.63, 3.8) is 0 Å². The predicted molar refractivity (Wildman–Crippen MR) is 99.7 cm³/mol. The maximum Gasteiger partial charge on any atom is 0.418 e. The Hall–Kier alpha value is -1.99. The van der Waals surface area contributed by atoms with Gasteiger partial charge in [-0.3, -0.25) is 9.98 Å². The minimum absolute atomic E-state index is 0.0155. The molecule has 0 saturated heterocycles. The highest BCUT2D eigenvalue weighted by Gasteiger charge is 2.48. The number of allylic oxidation sites excluding steroid dienone is 1. The van der Waals surface area contributed by atoms with Gasteiger partial charge < -0.3 is 9.84 Å². The Morgan fingerprint density at radius 3 is 2.63 bits per heavy atom. The van der Waals surface area contributed by atoms with Crippen molar-refractivity contribution in [2.75, 3.05) is 6.61 Å². The predicted octanol–water partition coefficient (Wildman–Crippen LogP) is 4.93. The van der Waals surface area contributed by atoms with Crippen LogP contribution in [0, 0.1) is 0 Å². The van der Waals surface area contributed by atoms with E-state index in [1.54, 1.807) is 26.1 Å². The second-order valence-electron chi connectivity index (χ2n) is 7.07. The summed E-state index contributed by atoms with van der Waals surface area (Å²) in [5.41, 5.74) is 2.11. The van der Waals surface area contributed by atoms with Crippen molar-refractivity contribution in [3.8, 4) is 0 Å². The van der Waals surface area contributed by atoms with Crippen LogP contribution in [0.15, 0.2) is 28.2 Å². The molecular weight excluding hydrogens is 357 g/mol. The van der Waals surface area contributed by atoms with Gasteiger partial charge in [-0.2, -0.15) is 13.2 Å². The summed E-state index contributed by atoms with van der Waals surface area (Å²) in [7, 11) is 0. The molecule has 7 heteroatoms. The molecule has 1 aromatic carbocycles. The number of rotatable bonds is 6. The van der Waals surface area contributed by atoms with Crippen LogP contribution < -0.4 is 0 Å². The van der Waals surface area contributed by atoms with E-state index < -0.39 is 17.9 Å². The Labute approximate surface area is 156 Å². The SMILES string of the molecule is CC=N/C(=C\C)c1ccc(C(OCC2(O)CC2)C(F)(F)F)c2c1CC(C)=N2. The molecule has 1 unspecified atom stereocenters. The highest BCUT2D eigenvalue weighted by Crippen LogP contribution is 2.46. The highest BCUT2D eigenvalue weighted by molar-refractivity contribution is 5.95. The van der Waals surface area contributed by atoms with Crippen LogP contribution in [0.25, 0.3) is 5.70 Å². The highest BCUT2D eigenvalue weighted by atomic mass is 19.4. The summed E-state index contributed by atoms with van der Waals surface area (Å²) in [6, 6.07) is 3.07. The van der Waals surface area contributed by atoms with E-state index in [1.807, 2.05) is 13.0 Å². The van der Waals surface area contributed by atoms with Gasteiger partial charge in [-0.15, -0.1) is 0 Å². The molecule has 0 bridgehead atoms. The molecule has 0 radical (unpaired) electrons. The second-order valence-corrected chi connectivity index (χ2v) is 7.07. The Bertz CT molecular complexity index is 821. The van der Waals surface area contributed by atoms with Gasteiger partial charge in [0.2, 0.25) is 0 Å². The molecular formula is C20H23F3N2O2. The number of aliphatic hydroxyl groups is 1. The number of hydrogen-bond acceptors (Lipinski definition) is 4. The van der Waals surface area contributed by atoms with E-state index in [2.05, 4.69) is 9.98 Å². The molecule has 0 amide bonds. The molecule has 1 saturated carbocycles. The van der Waals surface area contributed by atoms with Gasteiger partial charge in [0.25, 0.3) is 0 Å². The van der Waals surface area contributed by atoms with Gasteiger partial charge in [0.1, 0.15) is 0 Å². The molecule has 1 aliphatic heterocycles. The fourth-order valence-corrected chi connectivity index (χ4v) is 3.23. The van der Waals surface area contributed by atoms with E-state index in [9.17, 15) is 18.3 Å². The van der Waals surface area contributed by atoms with E-state index in [0.717, 1.165) is 16.8 Å². The van der Waals surface area contributed by atoms with Crippen molar-refractivity contribution >= 4 is 23.3 Å². The van der Waals surface area contributed by atoms with Crippen LogP contribution in [0.4, 0.5) is 18.9 Å². The second kappa shape index (κ2) is 7.20. The minimum Gasteiger partial charge on any atom is -0.387 e. The Morgan fingerprint density at radius 2 is 2.07 bits per heavy atom. The van der Waals surface area contributed by atoms with Crippen LogP contribution in [0.2, 0.25) is 0 Å². The molecule has 1 heterocycles. The molecule has 3 rings (SSSR count). The minimum atomic E-state index is -4.60. The average Bonchev–Trinajstić information content (AvgIpc) is 3.18. The van der Waals surface area contributed by atoms with Gasteiger partial charge in [-0.1, -0.05) is 18.2 Å². The zero-order chi connectivity index (χ0) is 19.8. The summed E-state index contributed by atoms with van der Waals surface area (Å²) in [5, 5.41) is 9.89. The Morgan fingerprint density at radius 1 is 1.37 bits per heavy atom. The first-order valence-corrected chi connectivity index (χ1v) is 8.94. The smallest absolute Gasteiger partial charge is 0.387 e. The number of ether oxygens (including phenoxy) is 1. The summed E-state index contributed by atoms with van der Waals surface area (Å²) >= 11 is 0. The lowest BCUT2D eigenvalue weighted by molar-refractivity contribution is -0.230. The molecule has 1 aromatic rings. The Kier molecular flexibility index (Phi) is 5.27. The lowest BCUT2D eigenvalue weighted by Gasteiger charge is -2.24. The summed E-state index contributed by atoms with van der Waals surface area (Å²) in [6.07, 6.45) is -1.85. The quantitative estimate of drug-likeness (QED) is 0.712. The first-order chi connectivity index (χ1) is 12.7. The molecule has 27 heavy (non-hydrogen) atoms. The fraction of sp³-hybridized carbons (Fsp3) is 0.500. The number of halogens is 3. The van der Waals surface area contributed by atoms with Gasteiger partial charge in [0.15, 0.2) is 6.10 Å². The van der Waals surface area contributed by atoms with Gasteiger partial charge in [0.05, 0.1) is 23.6 Å². The van der Waals surface area contributed by atoms with Crippen molar-refractivity contribution in [2.24, 2.45) is 9.98 Å². The van der Waals surface area contributed by atoms with Crippen LogP contribution in [0.1, 0.15) is 56.4 Å². The van der Waals surface area contributed by atoms with Crippen LogP contribution in [-0.2, 0) is 11.2 Å². The van der Waals surface area contributed by atoms with Gasteiger partial charge in [-0.25, -0.2) is 0 Å². The van der Waals surface area contributed by atoms with E-state index in [-0.39, 0.29) is 12.2 Å². The number of nitrogens with zero attached hydrogens (tertiary/aromatic N) is 2. The normalized spacial score (nSPS) is 20.0. The molecule has 2 aliphatic rings. The van der Waals surface area contributed by atoms with Crippen LogP contribution in [0.3, 0.4) is 0 Å². The Balaban J connectivity index is 2.05. The monoisotopic (exact) mass is 380 g/mol. The van der Waals surface area contributed by atoms with Crippen LogP contribution in [-0.4, -0.2) is 35.4 Å². The van der Waals surface area contributed by atoms with Crippen molar-refractivity contribution in [2.45, 2.75) is 57.9 Å². The van der Waals surface area contributed by atoms with Crippen molar-refractivity contribution in [1.82, 2.24) is 0 Å². The zero-order valence-corrected chi connectivity index (χ0v) is 15.6. The summed E-state index contributed by atoms with van der Waals surface area (Å²) < 4.78 is 46.3. The standard InChI is InChI=1S/C20H23F3N2O2/c1-4-16(24-5-2)13-6-7-14(17-15(13)10-12(3)25-17)18(20(21,22)23)27-11-19(26)8-9-19/h4-7,18,26H,8-11H2,1-3H3/b16-4-,24-5?. The molecule has 1 N–H and O–H groups in total. The lowest BCUT2D eigenvalue weighted by atomic mass is 9.94. The van der Waals surface area contributed by atoms with Crippen molar-refractivity contribution in [3.05, 3.63) is 34.9 Å². The first-order valence-electron chi connectivity index (χ1n) is 8.94. The van der Waals surface area contributed by atoms with Gasteiger partial charge in [0, 0.05) is 29.5 Å². The topological polar surface area (TPSA) is 54.2 Å². The van der Waals surface area contributed by atoms with E-state index in [0.29, 0.717) is 30.6 Å². The maximum atomic E-state index is 13.7. The molecule has 146 valence electrons. The van der Waals surface area contributed by atoms with Crippen LogP contribution >= 0.6 is 0 Å². The maximum absolute atomic E-state index is 13.7. The number of fused-ring (bicyclic) bond motifs is 1. The summed E-state index contributed by atoms with van der Waals surface area (Å²) in [4.78, 5) is 8.69. The molecule has 0 spiro atoms. The van der Waals surface area contributed by atoms with Crippen molar-refractivity contribution in [1.29, 1.82) is 0 Å². The average molecular weight is 380 g/mol. The molecule has 1 aliphatic carbocycles. The summed E-state index contributed by atoms with van der Waals surface area (Å²) in [5.74, 6) is 0. The van der Waals surface area contributed by atoms with Crippen LogP contribution in [0.5, 0.6) is 0 Å². The van der Waals surface area contributed by atoms with E-state index in [4.69, 9.17) is 4.74 Å². The van der Waals surface area contributed by atoms with Gasteiger partial charge >= 0.3 is 6.18 Å². The molecule has 1 atom stereocenters. The third-order valence-corrected chi connectivity index (χ3v) is 4.79. The first kappa shape index (κ1) is 19.8. The third kappa shape index (κ3) is 4.14. The lowest BCUT2D eigenvalue weighted by Crippen LogP contribution is -2.28. The molecule has 1 fully saturated rings. The molecule has 0 aromatic heterocycles. The molecule has 4 nitrogen and oxygen atoms in total. The summed E-state index contributed by atoms with van der Waals surface area (Å²) in [6.45, 7) is 5.08. The van der Waals surface area contributed by atoms with E-state index >= 15 is 0 Å². The zero-order valence-electron chi connectivity index (χ0n) is 15.6. The van der Waals surface area contributed by atoms with Crippen molar-refractivity contribution < 1.29 is 23.0 Å². The fourth-order valence-electron chi connectivity index (χ4n) is 3.23. The largest absolute Gasteiger partial charge is 0.418 e. The number of hydrogen-bond donors (Lipinski definition) is 1. The number of benzene rings is 1. The van der Waals surface area contributed by atoms with Gasteiger partial charge in [-0.05, 0) is 39.2 Å². The van der Waals surface area contributed by atoms with E-state index in [1.165, 1.54) is 6.07 Å². The number of alkyl halides is 3. The third-order valence-electron chi connectivity index (χ3n) is 4.79.